The molecular formula is C33H48O2. The van der Waals surface area contributed by atoms with Gasteiger partial charge >= 0.3 is 0 Å². The van der Waals surface area contributed by atoms with Gasteiger partial charge in [-0.1, -0.05) is 88.0 Å². The minimum Gasteiger partial charge on any atom is -0.392 e. The van der Waals surface area contributed by atoms with Gasteiger partial charge in [-0.15, -0.1) is 0 Å². The summed E-state index contributed by atoms with van der Waals surface area (Å²) in [6.07, 6.45) is 18.6. The molecule has 35 heavy (non-hydrogen) atoms. The van der Waals surface area contributed by atoms with Crippen LogP contribution in [0.15, 0.2) is 83.1 Å². The maximum absolute atomic E-state index is 11.7. The number of aliphatic hydroxyl groups excluding tert-OH is 1. The summed E-state index contributed by atoms with van der Waals surface area (Å²) >= 11 is 0. The van der Waals surface area contributed by atoms with Crippen LogP contribution in [0.25, 0.3) is 0 Å². The van der Waals surface area contributed by atoms with Crippen molar-refractivity contribution in [2.75, 3.05) is 0 Å². The van der Waals surface area contributed by atoms with E-state index >= 15 is 0 Å². The fourth-order valence-corrected chi connectivity index (χ4v) is 5.73. The normalized spacial score (nSPS) is 22.3. The molecule has 0 aliphatic heterocycles. The van der Waals surface area contributed by atoms with Crippen LogP contribution in [0.1, 0.15) is 93.4 Å². The highest BCUT2D eigenvalue weighted by atomic mass is 16.3. The Kier molecular flexibility index (Phi) is 10.1. The van der Waals surface area contributed by atoms with Crippen LogP contribution in [0.3, 0.4) is 0 Å². The molecule has 0 radical (unpaired) electrons. The monoisotopic (exact) mass is 476 g/mol. The Balaban J connectivity index is 2.19. The first-order chi connectivity index (χ1) is 16.2. The van der Waals surface area contributed by atoms with Gasteiger partial charge in [0.2, 0.25) is 0 Å². The second-order valence-electron chi connectivity index (χ2n) is 12.0. The van der Waals surface area contributed by atoms with E-state index in [2.05, 4.69) is 72.9 Å². The molecule has 0 fully saturated rings. The predicted molar refractivity (Wildman–Crippen MR) is 151 cm³/mol. The van der Waals surface area contributed by atoms with Crippen LogP contribution in [0.5, 0.6) is 0 Å². The molecule has 0 aromatic rings. The molecule has 192 valence electrons. The van der Waals surface area contributed by atoms with Crippen molar-refractivity contribution >= 4 is 5.78 Å². The number of hydrogen-bond acceptors (Lipinski definition) is 2. The highest BCUT2D eigenvalue weighted by Gasteiger charge is 2.28. The van der Waals surface area contributed by atoms with E-state index < -0.39 is 6.10 Å². The summed E-state index contributed by atoms with van der Waals surface area (Å²) in [5.41, 5.74) is 7.62. The van der Waals surface area contributed by atoms with Crippen molar-refractivity contribution in [3.8, 4) is 0 Å². The van der Waals surface area contributed by atoms with Gasteiger partial charge in [-0.05, 0) is 99.3 Å². The van der Waals surface area contributed by atoms with Gasteiger partial charge in [0.25, 0.3) is 0 Å². The van der Waals surface area contributed by atoms with Crippen molar-refractivity contribution in [1.29, 1.82) is 0 Å². The van der Waals surface area contributed by atoms with E-state index in [1.165, 1.54) is 54.9 Å². The van der Waals surface area contributed by atoms with Crippen molar-refractivity contribution in [3.63, 3.8) is 0 Å². The molecule has 0 aromatic carbocycles. The summed E-state index contributed by atoms with van der Waals surface area (Å²) in [6, 6.07) is 0. The van der Waals surface area contributed by atoms with Gasteiger partial charge < -0.3 is 5.11 Å². The maximum Gasteiger partial charge on any atom is 0.152 e. The molecule has 2 heteroatoms. The van der Waals surface area contributed by atoms with Gasteiger partial charge in [0.05, 0.1) is 6.10 Å². The molecule has 0 spiro atoms. The van der Waals surface area contributed by atoms with Gasteiger partial charge in [0.1, 0.15) is 0 Å². The topological polar surface area (TPSA) is 37.3 Å². The lowest BCUT2D eigenvalue weighted by molar-refractivity contribution is -0.112. The lowest BCUT2D eigenvalue weighted by atomic mass is 9.72. The van der Waals surface area contributed by atoms with Crippen molar-refractivity contribution < 1.29 is 9.90 Å². The summed E-state index contributed by atoms with van der Waals surface area (Å²) < 4.78 is 0. The Morgan fingerprint density at radius 1 is 0.914 bits per heavy atom. The number of carbonyl (C=O) groups is 1. The Bertz CT molecular complexity index is 975. The summed E-state index contributed by atoms with van der Waals surface area (Å²) in [5.74, 6) is -0.383. The molecule has 2 aliphatic carbocycles. The number of aliphatic hydroxyl groups is 1. The third-order valence-corrected chi connectivity index (χ3v) is 7.89. The Morgan fingerprint density at radius 3 is 1.86 bits per heavy atom. The largest absolute Gasteiger partial charge is 0.392 e. The van der Waals surface area contributed by atoms with E-state index in [0.717, 1.165) is 24.0 Å². The Hall–Kier alpha value is -2.19. The highest BCUT2D eigenvalue weighted by Crippen LogP contribution is 2.42. The van der Waals surface area contributed by atoms with Gasteiger partial charge in [0.15, 0.2) is 5.78 Å². The second-order valence-corrected chi connectivity index (χ2v) is 12.0. The SMILES string of the molecule is C=C(/C=C/C1=C(C)CCCC1(C)C)CC(O)C(/C=C/C(C)=O)C(=C)/C=C/C1=C(C)CCCC1(C)C. The standard InChI is InChI=1S/C33H48O2/c1-23(14-18-29-25(3)12-10-20-32(29,6)7)22-31(35)28(17-16-27(5)34)24(2)15-19-30-26(4)13-11-21-33(30,8)9/h14-19,28,31,35H,1-2,10-13,20-22H2,3-9H3/b17-16+,18-14+,19-15+. The molecule has 2 aliphatic rings. The van der Waals surface area contributed by atoms with E-state index in [0.29, 0.717) is 6.42 Å². The van der Waals surface area contributed by atoms with Crippen LogP contribution >= 0.6 is 0 Å². The van der Waals surface area contributed by atoms with Gasteiger partial charge in [-0.2, -0.15) is 0 Å². The highest BCUT2D eigenvalue weighted by molar-refractivity contribution is 5.87. The average Bonchev–Trinajstić information content (AvgIpc) is 2.71. The van der Waals surface area contributed by atoms with Crippen LogP contribution < -0.4 is 0 Å². The molecule has 2 unspecified atom stereocenters. The molecule has 0 saturated heterocycles. The number of hydrogen-bond donors (Lipinski definition) is 1. The van der Waals surface area contributed by atoms with Crippen molar-refractivity contribution in [2.45, 2.75) is 99.5 Å². The molecule has 0 amide bonds. The second kappa shape index (κ2) is 12.2. The zero-order valence-corrected chi connectivity index (χ0v) is 23.3. The number of carbonyl (C=O) groups excluding carboxylic acids is 1. The summed E-state index contributed by atoms with van der Waals surface area (Å²) in [5, 5.41) is 11.2. The minimum atomic E-state index is -0.705. The van der Waals surface area contributed by atoms with E-state index in [4.69, 9.17) is 0 Å². The predicted octanol–water partition coefficient (Wildman–Crippen LogP) is 8.78. The van der Waals surface area contributed by atoms with Gasteiger partial charge in [-0.3, -0.25) is 4.79 Å². The first-order valence-corrected chi connectivity index (χ1v) is 13.2. The average molecular weight is 477 g/mol. The summed E-state index contributed by atoms with van der Waals surface area (Å²) in [4.78, 5) is 11.7. The molecule has 0 heterocycles. The first-order valence-electron chi connectivity index (χ1n) is 13.2. The van der Waals surface area contributed by atoms with Crippen molar-refractivity contribution in [3.05, 3.63) is 83.1 Å². The van der Waals surface area contributed by atoms with Gasteiger partial charge in [-0.25, -0.2) is 0 Å². The van der Waals surface area contributed by atoms with Crippen LogP contribution in [-0.4, -0.2) is 17.0 Å². The molecule has 0 bridgehead atoms. The molecule has 0 saturated carbocycles. The first kappa shape index (κ1) is 29.0. The van der Waals surface area contributed by atoms with Crippen LogP contribution in [0.2, 0.25) is 0 Å². The zero-order valence-electron chi connectivity index (χ0n) is 23.3. The molecule has 2 atom stereocenters. The number of allylic oxidation sites excluding steroid dienone is 9. The Labute approximate surface area is 215 Å². The number of ketones is 1. The van der Waals surface area contributed by atoms with Gasteiger partial charge in [0, 0.05) is 5.92 Å². The smallest absolute Gasteiger partial charge is 0.152 e. The van der Waals surface area contributed by atoms with E-state index in [9.17, 15) is 9.90 Å². The fraction of sp³-hybridized carbons (Fsp3) is 0.545. The van der Waals surface area contributed by atoms with E-state index in [-0.39, 0.29) is 22.5 Å². The summed E-state index contributed by atoms with van der Waals surface area (Å²) in [6.45, 7) is 23.7. The van der Waals surface area contributed by atoms with E-state index in [1.54, 1.807) is 12.2 Å². The third kappa shape index (κ3) is 8.17. The summed E-state index contributed by atoms with van der Waals surface area (Å²) in [7, 11) is 0. The van der Waals surface area contributed by atoms with E-state index in [1.807, 2.05) is 6.08 Å². The van der Waals surface area contributed by atoms with Crippen molar-refractivity contribution in [2.24, 2.45) is 16.7 Å². The van der Waals surface area contributed by atoms with Crippen LogP contribution in [-0.2, 0) is 4.79 Å². The lowest BCUT2D eigenvalue weighted by Gasteiger charge is -2.33. The van der Waals surface area contributed by atoms with Crippen LogP contribution in [0.4, 0.5) is 0 Å². The molecule has 0 aromatic heterocycles. The molecule has 1 N–H and O–H groups in total. The Morgan fingerprint density at radius 2 is 1.40 bits per heavy atom. The maximum atomic E-state index is 11.7. The lowest BCUT2D eigenvalue weighted by Crippen LogP contribution is -2.21. The minimum absolute atomic E-state index is 0.0355. The molecule has 2 rings (SSSR count). The molecule has 2 nitrogen and oxygen atoms in total. The number of rotatable bonds is 10. The fourth-order valence-electron chi connectivity index (χ4n) is 5.73. The van der Waals surface area contributed by atoms with Crippen LogP contribution in [0, 0.1) is 16.7 Å². The van der Waals surface area contributed by atoms with Crippen molar-refractivity contribution in [1.82, 2.24) is 0 Å². The third-order valence-electron chi connectivity index (χ3n) is 7.89. The quantitative estimate of drug-likeness (QED) is 0.253. The molecular weight excluding hydrogens is 428 g/mol. The zero-order chi connectivity index (χ0) is 26.4.